The zero-order valence-electron chi connectivity index (χ0n) is 18.6. The highest BCUT2D eigenvalue weighted by Gasteiger charge is 2.31. The number of unbranched alkanes of at least 4 members (excludes halogenated alkanes) is 1. The molecule has 0 aliphatic carbocycles. The average Bonchev–Trinajstić information content (AvgIpc) is 2.94. The minimum atomic E-state index is -0.545. The molecule has 1 heterocycles. The molecule has 0 atom stereocenters. The van der Waals surface area contributed by atoms with E-state index in [0.29, 0.717) is 18.0 Å². The topological polar surface area (TPSA) is 119 Å². The number of aromatic hydroxyl groups is 1. The summed E-state index contributed by atoms with van der Waals surface area (Å²) in [5.41, 5.74) is 1.28. The third kappa shape index (κ3) is 6.01. The Morgan fingerprint density at radius 2 is 1.94 bits per heavy atom. The number of hydrogen-bond acceptors (Lipinski definition) is 6. The van der Waals surface area contributed by atoms with E-state index in [4.69, 9.17) is 9.84 Å². The smallest absolute Gasteiger partial charge is 0.262 e. The summed E-state index contributed by atoms with van der Waals surface area (Å²) in [5.74, 6) is -1.14. The lowest BCUT2D eigenvalue weighted by Crippen LogP contribution is -2.44. The molecule has 0 radical (unpaired) electrons. The van der Waals surface area contributed by atoms with E-state index >= 15 is 0 Å². The van der Waals surface area contributed by atoms with E-state index in [9.17, 15) is 19.5 Å². The lowest BCUT2D eigenvalue weighted by molar-refractivity contribution is -0.135. The van der Waals surface area contributed by atoms with Crippen LogP contribution in [0.5, 0.6) is 11.5 Å². The maximum Gasteiger partial charge on any atom is 0.262 e. The molecule has 1 aliphatic heterocycles. The molecule has 2 aromatic rings. The van der Waals surface area contributed by atoms with Crippen LogP contribution in [0.4, 0.5) is 5.69 Å². The summed E-state index contributed by atoms with van der Waals surface area (Å²) in [7, 11) is 0. The molecule has 1 aliphatic rings. The molecule has 0 aromatic heterocycles. The van der Waals surface area contributed by atoms with Crippen molar-refractivity contribution in [2.24, 2.45) is 0 Å². The van der Waals surface area contributed by atoms with Gasteiger partial charge >= 0.3 is 0 Å². The van der Waals surface area contributed by atoms with Gasteiger partial charge in [-0.3, -0.25) is 19.3 Å². The second kappa shape index (κ2) is 11.3. The van der Waals surface area contributed by atoms with Crippen LogP contribution < -0.4 is 15.0 Å². The largest absolute Gasteiger partial charge is 0.507 e. The first-order valence-electron chi connectivity index (χ1n) is 11.0. The predicted octanol–water partition coefficient (Wildman–Crippen LogP) is 1.67. The number of phenols is 1. The van der Waals surface area contributed by atoms with Crippen LogP contribution in [0, 0.1) is 0 Å². The molecule has 3 amide bonds. The summed E-state index contributed by atoms with van der Waals surface area (Å²) in [4.78, 5) is 41.4. The van der Waals surface area contributed by atoms with Gasteiger partial charge in [-0.05, 0) is 30.2 Å². The summed E-state index contributed by atoms with van der Waals surface area (Å²) in [6.07, 6.45) is 1.81. The van der Waals surface area contributed by atoms with Crippen molar-refractivity contribution in [2.45, 2.75) is 26.3 Å². The molecule has 0 spiro atoms. The lowest BCUT2D eigenvalue weighted by Gasteiger charge is -2.23. The lowest BCUT2D eigenvalue weighted by atomic mass is 10.1. The van der Waals surface area contributed by atoms with Crippen molar-refractivity contribution in [3.05, 3.63) is 53.6 Å². The van der Waals surface area contributed by atoms with Crippen LogP contribution in [-0.2, 0) is 16.1 Å². The second-order valence-electron chi connectivity index (χ2n) is 7.72. The Hall–Kier alpha value is -3.59. The van der Waals surface area contributed by atoms with Crippen molar-refractivity contribution in [3.8, 4) is 11.5 Å². The molecule has 9 nitrogen and oxygen atoms in total. The Balaban J connectivity index is 1.83. The van der Waals surface area contributed by atoms with E-state index in [1.807, 2.05) is 19.1 Å². The maximum absolute atomic E-state index is 13.3. The molecule has 2 aromatic carbocycles. The van der Waals surface area contributed by atoms with E-state index in [1.54, 1.807) is 12.1 Å². The second-order valence-corrected chi connectivity index (χ2v) is 7.72. The number of anilines is 1. The normalized spacial score (nSPS) is 13.3. The van der Waals surface area contributed by atoms with Gasteiger partial charge in [0, 0.05) is 24.8 Å². The van der Waals surface area contributed by atoms with Crippen molar-refractivity contribution in [3.63, 3.8) is 0 Å². The molecule has 3 rings (SSSR count). The fraction of sp³-hybridized carbons (Fsp3) is 0.375. The van der Waals surface area contributed by atoms with E-state index < -0.39 is 5.91 Å². The summed E-state index contributed by atoms with van der Waals surface area (Å²) in [6.45, 7) is 2.29. The molecule has 33 heavy (non-hydrogen) atoms. The third-order valence-electron chi connectivity index (χ3n) is 5.28. The SMILES string of the molecule is CCCCNC(=O)CN1Cc2ccccc2N(C(=O)c2ccc(OCCO)cc2O)CC1=O. The highest BCUT2D eigenvalue weighted by Crippen LogP contribution is 2.30. The molecule has 0 unspecified atom stereocenters. The van der Waals surface area contributed by atoms with Gasteiger partial charge in [0.05, 0.1) is 18.7 Å². The number of hydrogen-bond donors (Lipinski definition) is 3. The fourth-order valence-electron chi connectivity index (χ4n) is 3.57. The van der Waals surface area contributed by atoms with Crippen molar-refractivity contribution >= 4 is 23.4 Å². The van der Waals surface area contributed by atoms with Crippen molar-refractivity contribution in [2.75, 3.05) is 37.7 Å². The first-order valence-corrected chi connectivity index (χ1v) is 11.0. The van der Waals surface area contributed by atoms with Gasteiger partial charge in [-0.25, -0.2) is 0 Å². The minimum Gasteiger partial charge on any atom is -0.507 e. The Labute approximate surface area is 192 Å². The van der Waals surface area contributed by atoms with E-state index in [0.717, 1.165) is 18.4 Å². The molecular formula is C24H29N3O6. The maximum atomic E-state index is 13.3. The highest BCUT2D eigenvalue weighted by molar-refractivity contribution is 6.11. The average molecular weight is 456 g/mol. The number of amides is 3. The molecule has 9 heteroatoms. The molecule has 176 valence electrons. The van der Waals surface area contributed by atoms with Crippen LogP contribution in [0.15, 0.2) is 42.5 Å². The van der Waals surface area contributed by atoms with Crippen LogP contribution >= 0.6 is 0 Å². The van der Waals surface area contributed by atoms with E-state index in [1.165, 1.54) is 28.0 Å². The molecular weight excluding hydrogens is 426 g/mol. The first kappa shape index (κ1) is 24.1. The Morgan fingerprint density at radius 3 is 2.67 bits per heavy atom. The van der Waals surface area contributed by atoms with Crippen LogP contribution in [0.2, 0.25) is 0 Å². The number of phenolic OH excluding ortho intramolecular Hbond substituents is 1. The predicted molar refractivity (Wildman–Crippen MR) is 122 cm³/mol. The van der Waals surface area contributed by atoms with E-state index in [-0.39, 0.29) is 56.0 Å². The number of fused-ring (bicyclic) bond motifs is 1. The summed E-state index contributed by atoms with van der Waals surface area (Å²) < 4.78 is 5.26. The number of para-hydroxylation sites is 1. The number of nitrogens with zero attached hydrogens (tertiary/aromatic N) is 2. The van der Waals surface area contributed by atoms with Gasteiger partial charge in [0.2, 0.25) is 11.8 Å². The van der Waals surface area contributed by atoms with Crippen molar-refractivity contribution < 1.29 is 29.3 Å². The quantitative estimate of drug-likeness (QED) is 0.495. The monoisotopic (exact) mass is 455 g/mol. The summed E-state index contributed by atoms with van der Waals surface area (Å²) in [6, 6.07) is 11.3. The number of carbonyl (C=O) groups excluding carboxylic acids is 3. The highest BCUT2D eigenvalue weighted by atomic mass is 16.5. The standard InChI is InChI=1S/C24H29N3O6/c1-2-3-10-25-22(30)15-26-14-17-6-4-5-7-20(17)27(16-23(26)31)24(32)19-9-8-18(13-21(19)29)33-12-11-28/h4-9,13,28-29H,2-3,10-12,14-16H2,1H3,(H,25,30). The van der Waals surface area contributed by atoms with Crippen LogP contribution in [0.25, 0.3) is 0 Å². The van der Waals surface area contributed by atoms with Gasteiger partial charge in [-0.2, -0.15) is 0 Å². The van der Waals surface area contributed by atoms with Gasteiger partial charge in [0.25, 0.3) is 5.91 Å². The third-order valence-corrected chi connectivity index (χ3v) is 5.28. The molecule has 3 N–H and O–H groups in total. The number of benzene rings is 2. The van der Waals surface area contributed by atoms with Crippen LogP contribution in [0.3, 0.4) is 0 Å². The number of nitrogens with one attached hydrogen (secondary N) is 1. The Bertz CT molecular complexity index is 1010. The minimum absolute atomic E-state index is 0.0136. The number of rotatable bonds is 9. The Kier molecular flexibility index (Phi) is 8.26. The van der Waals surface area contributed by atoms with Crippen LogP contribution in [0.1, 0.15) is 35.7 Å². The number of carbonyl (C=O) groups is 3. The molecule has 0 saturated heterocycles. The van der Waals surface area contributed by atoms with E-state index in [2.05, 4.69) is 5.32 Å². The number of aliphatic hydroxyl groups excluding tert-OH is 1. The van der Waals surface area contributed by atoms with Gasteiger partial charge in [0.15, 0.2) is 0 Å². The van der Waals surface area contributed by atoms with Gasteiger partial charge in [0.1, 0.15) is 24.7 Å². The van der Waals surface area contributed by atoms with Crippen molar-refractivity contribution in [1.29, 1.82) is 0 Å². The summed E-state index contributed by atoms with van der Waals surface area (Å²) in [5, 5.41) is 22.1. The molecule has 0 fully saturated rings. The Morgan fingerprint density at radius 1 is 1.15 bits per heavy atom. The fourth-order valence-corrected chi connectivity index (χ4v) is 3.57. The summed E-state index contributed by atoms with van der Waals surface area (Å²) >= 11 is 0. The number of ether oxygens (including phenoxy) is 1. The molecule has 0 bridgehead atoms. The molecule has 0 saturated carbocycles. The zero-order chi connectivity index (χ0) is 23.8. The van der Waals surface area contributed by atoms with Gasteiger partial charge in [-0.15, -0.1) is 0 Å². The van der Waals surface area contributed by atoms with Gasteiger partial charge < -0.3 is 25.2 Å². The first-order chi connectivity index (χ1) is 15.9. The van der Waals surface area contributed by atoms with Crippen molar-refractivity contribution in [1.82, 2.24) is 10.2 Å². The zero-order valence-corrected chi connectivity index (χ0v) is 18.6. The number of aliphatic hydroxyl groups is 1. The van der Waals surface area contributed by atoms with Crippen LogP contribution in [-0.4, -0.2) is 65.7 Å². The van der Waals surface area contributed by atoms with Gasteiger partial charge in [-0.1, -0.05) is 31.5 Å².